The second-order valence-corrected chi connectivity index (χ2v) is 7.28. The Bertz CT molecular complexity index is 518. The van der Waals surface area contributed by atoms with Gasteiger partial charge in [0.25, 0.3) is 0 Å². The van der Waals surface area contributed by atoms with Crippen LogP contribution in [0.3, 0.4) is 0 Å². The molecule has 114 valence electrons. The average Bonchev–Trinajstić information content (AvgIpc) is 2.33. The molecule has 0 aromatic heterocycles. The maximum Gasteiger partial charge on any atom is 0.0917 e. The number of halogens is 1. The molecule has 0 spiro atoms. The predicted molar refractivity (Wildman–Crippen MR) is 100.0 cm³/mol. The van der Waals surface area contributed by atoms with E-state index in [1.54, 1.807) is 0 Å². The van der Waals surface area contributed by atoms with Gasteiger partial charge in [0.05, 0.1) is 8.15 Å². The van der Waals surface area contributed by atoms with Crippen LogP contribution in [0.25, 0.3) is 0 Å². The van der Waals surface area contributed by atoms with Crippen LogP contribution in [0.2, 0.25) is 0 Å². The van der Waals surface area contributed by atoms with E-state index in [2.05, 4.69) is 71.0 Å². The molecule has 0 amide bonds. The zero-order valence-electron chi connectivity index (χ0n) is 13.4. The van der Waals surface area contributed by atoms with Crippen LogP contribution < -0.4 is 10.6 Å². The molecular weight excluding hydrogens is 343 g/mol. The van der Waals surface area contributed by atoms with Gasteiger partial charge < -0.3 is 4.52 Å². The molecule has 21 heavy (non-hydrogen) atoms. The lowest BCUT2D eigenvalue weighted by molar-refractivity contribution is 0.388. The molecule has 3 heteroatoms. The van der Waals surface area contributed by atoms with E-state index < -0.39 is 8.15 Å². The largest absolute Gasteiger partial charge is 0.350 e. The zero-order valence-corrected chi connectivity index (χ0v) is 16.0. The van der Waals surface area contributed by atoms with Crippen molar-refractivity contribution in [2.24, 2.45) is 0 Å². The molecule has 0 aliphatic rings. The first-order valence-electron chi connectivity index (χ1n) is 7.09. The van der Waals surface area contributed by atoms with Gasteiger partial charge in [0, 0.05) is 17.2 Å². The minimum Gasteiger partial charge on any atom is -0.350 e. The lowest BCUT2D eigenvalue weighted by Gasteiger charge is -2.19. The van der Waals surface area contributed by atoms with E-state index in [1.807, 2.05) is 0 Å². The van der Waals surface area contributed by atoms with Crippen molar-refractivity contribution in [1.82, 2.24) is 0 Å². The maximum atomic E-state index is 6.10. The van der Waals surface area contributed by atoms with Crippen LogP contribution in [0.4, 0.5) is 0 Å². The molecule has 1 nitrogen and oxygen atoms in total. The van der Waals surface area contributed by atoms with Crippen molar-refractivity contribution in [2.45, 2.75) is 34.6 Å². The van der Waals surface area contributed by atoms with Crippen molar-refractivity contribution in [1.29, 1.82) is 0 Å². The Labute approximate surface area is 140 Å². The van der Waals surface area contributed by atoms with E-state index in [1.165, 1.54) is 32.9 Å². The highest BCUT2D eigenvalue weighted by molar-refractivity contribution is 8.93. The van der Waals surface area contributed by atoms with Crippen LogP contribution in [-0.2, 0) is 4.52 Å². The molecule has 0 bridgehead atoms. The zero-order chi connectivity index (χ0) is 14.7. The third-order valence-corrected chi connectivity index (χ3v) is 5.11. The third-order valence-electron chi connectivity index (χ3n) is 3.14. The highest BCUT2D eigenvalue weighted by atomic mass is 79.9. The van der Waals surface area contributed by atoms with Gasteiger partial charge in [0.15, 0.2) is 0 Å². The van der Waals surface area contributed by atoms with Crippen LogP contribution in [0, 0.1) is 27.7 Å². The molecule has 0 aliphatic heterocycles. The van der Waals surface area contributed by atoms with Crippen LogP contribution in [0.15, 0.2) is 36.4 Å². The number of hydrogen-bond acceptors (Lipinski definition) is 1. The Morgan fingerprint density at radius 1 is 0.714 bits per heavy atom. The predicted octanol–water partition coefficient (Wildman–Crippen LogP) is 4.88. The van der Waals surface area contributed by atoms with E-state index in [4.69, 9.17) is 4.52 Å². The second-order valence-electron chi connectivity index (χ2n) is 5.40. The monoisotopic (exact) mass is 366 g/mol. The van der Waals surface area contributed by atoms with Crippen molar-refractivity contribution >= 4 is 35.7 Å². The number of benzene rings is 2. The fraction of sp³-hybridized carbons (Fsp3) is 0.333. The van der Waals surface area contributed by atoms with Crippen LogP contribution in [0.1, 0.15) is 29.2 Å². The minimum atomic E-state index is -0.716. The first-order valence-corrected chi connectivity index (χ1v) is 8.35. The van der Waals surface area contributed by atoms with Gasteiger partial charge in [-0.1, -0.05) is 34.4 Å². The Balaban J connectivity index is 0.00000220. The Kier molecular flexibility index (Phi) is 7.06. The van der Waals surface area contributed by atoms with Gasteiger partial charge in [0.1, 0.15) is 0 Å². The fourth-order valence-corrected chi connectivity index (χ4v) is 4.70. The van der Waals surface area contributed by atoms with Gasteiger partial charge in [-0.15, -0.1) is 17.0 Å². The minimum absolute atomic E-state index is 0. The highest BCUT2D eigenvalue weighted by Gasteiger charge is 2.16. The van der Waals surface area contributed by atoms with E-state index in [0.29, 0.717) is 0 Å². The molecule has 0 radical (unpaired) electrons. The van der Waals surface area contributed by atoms with Crippen molar-refractivity contribution in [3.63, 3.8) is 0 Å². The van der Waals surface area contributed by atoms with Gasteiger partial charge in [-0.3, -0.25) is 0 Å². The van der Waals surface area contributed by atoms with Gasteiger partial charge in [0.2, 0.25) is 0 Å². The topological polar surface area (TPSA) is 9.23 Å². The van der Waals surface area contributed by atoms with E-state index >= 15 is 0 Å². The Hall–Kier alpha value is -0.690. The van der Waals surface area contributed by atoms with Crippen molar-refractivity contribution in [2.75, 3.05) is 6.61 Å². The van der Waals surface area contributed by atoms with Crippen molar-refractivity contribution < 1.29 is 4.52 Å². The first-order chi connectivity index (χ1) is 9.49. The lowest BCUT2D eigenvalue weighted by Crippen LogP contribution is -2.15. The van der Waals surface area contributed by atoms with Crippen LogP contribution >= 0.6 is 25.1 Å². The molecule has 0 fully saturated rings. The Morgan fingerprint density at radius 2 is 1.05 bits per heavy atom. The first kappa shape index (κ1) is 18.4. The van der Waals surface area contributed by atoms with Crippen molar-refractivity contribution in [3.8, 4) is 0 Å². The summed E-state index contributed by atoms with van der Waals surface area (Å²) in [5, 5.41) is 2.62. The SMILES string of the molecule is Br.CCOP(c1cc(C)cc(C)c1)c1cc(C)cc(C)c1. The molecule has 0 saturated carbocycles. The molecule has 0 aliphatic carbocycles. The van der Waals surface area contributed by atoms with Crippen LogP contribution in [-0.4, -0.2) is 6.61 Å². The smallest absolute Gasteiger partial charge is 0.0917 e. The summed E-state index contributed by atoms with van der Waals surface area (Å²) in [6, 6.07) is 13.4. The summed E-state index contributed by atoms with van der Waals surface area (Å²) in [5.74, 6) is 0. The number of hydrogen-bond donors (Lipinski definition) is 0. The van der Waals surface area contributed by atoms with E-state index in [-0.39, 0.29) is 17.0 Å². The maximum absolute atomic E-state index is 6.10. The summed E-state index contributed by atoms with van der Waals surface area (Å²) in [5.41, 5.74) is 5.21. The fourth-order valence-electron chi connectivity index (χ4n) is 2.56. The van der Waals surface area contributed by atoms with E-state index in [9.17, 15) is 0 Å². The van der Waals surface area contributed by atoms with Gasteiger partial charge >= 0.3 is 0 Å². The van der Waals surface area contributed by atoms with Gasteiger partial charge in [-0.05, 0) is 58.9 Å². The van der Waals surface area contributed by atoms with E-state index in [0.717, 1.165) is 6.61 Å². The summed E-state index contributed by atoms with van der Waals surface area (Å²) in [6.07, 6.45) is 0. The molecule has 2 aromatic carbocycles. The normalized spacial score (nSPS) is 10.6. The highest BCUT2D eigenvalue weighted by Crippen LogP contribution is 2.35. The molecule has 2 aromatic rings. The van der Waals surface area contributed by atoms with Gasteiger partial charge in [-0.2, -0.15) is 0 Å². The van der Waals surface area contributed by atoms with Crippen LogP contribution in [0.5, 0.6) is 0 Å². The molecule has 0 saturated heterocycles. The molecule has 0 heterocycles. The summed E-state index contributed by atoms with van der Waals surface area (Å²) < 4.78 is 6.10. The van der Waals surface area contributed by atoms with Crippen molar-refractivity contribution in [3.05, 3.63) is 58.7 Å². The molecule has 0 atom stereocenters. The quantitative estimate of drug-likeness (QED) is 0.700. The molecule has 2 rings (SSSR count). The summed E-state index contributed by atoms with van der Waals surface area (Å²) in [6.45, 7) is 11.4. The third kappa shape index (κ3) is 4.92. The lowest BCUT2D eigenvalue weighted by atomic mass is 10.2. The molecular formula is C18H24BrOP. The van der Waals surface area contributed by atoms with Gasteiger partial charge in [-0.25, -0.2) is 0 Å². The molecule has 0 unspecified atom stereocenters. The summed E-state index contributed by atoms with van der Waals surface area (Å²) in [7, 11) is -0.716. The number of aryl methyl sites for hydroxylation is 4. The number of rotatable bonds is 4. The standard InChI is InChI=1S/C18H23OP.BrH/c1-6-19-20(17-9-13(2)7-14(3)10-17)18-11-15(4)8-16(5)12-18;/h7-12H,6H2,1-5H3;1H. The summed E-state index contributed by atoms with van der Waals surface area (Å²) >= 11 is 0. The summed E-state index contributed by atoms with van der Waals surface area (Å²) in [4.78, 5) is 0. The molecule has 0 N–H and O–H groups in total. The second kappa shape index (κ2) is 8.08. The average molecular weight is 367 g/mol. The Morgan fingerprint density at radius 3 is 1.33 bits per heavy atom.